The highest BCUT2D eigenvalue weighted by atomic mass is 35.5. The van der Waals surface area contributed by atoms with Crippen molar-refractivity contribution < 1.29 is 5.11 Å². The molecule has 0 amide bonds. The molecule has 58 valence electrons. The Morgan fingerprint density at radius 2 is 2.00 bits per heavy atom. The molecule has 0 heterocycles. The number of nitrogens with two attached hydrogens (primary N) is 1. The maximum Gasteiger partial charge on any atom is 0.0443 e. The fourth-order valence-electron chi connectivity index (χ4n) is 0.431. The van der Waals surface area contributed by atoms with Crippen LogP contribution < -0.4 is 11.1 Å². The molecule has 0 unspecified atom stereocenters. The first-order valence-corrected chi connectivity index (χ1v) is 2.93. The number of aliphatic hydroxyl groups is 1. The summed E-state index contributed by atoms with van der Waals surface area (Å²) < 4.78 is 0. The molecular weight excluding hydrogens is 140 g/mol. The van der Waals surface area contributed by atoms with Gasteiger partial charge in [-0.25, -0.2) is 0 Å². The quantitative estimate of drug-likeness (QED) is 0.461. The van der Waals surface area contributed by atoms with E-state index in [1.165, 1.54) is 0 Å². The van der Waals surface area contributed by atoms with Crippen molar-refractivity contribution in [2.45, 2.75) is 6.42 Å². The minimum atomic E-state index is 0. The van der Waals surface area contributed by atoms with E-state index in [4.69, 9.17) is 10.8 Å². The van der Waals surface area contributed by atoms with E-state index in [1.54, 1.807) is 0 Å². The Bertz CT molecular complexity index is 39.9. The highest BCUT2D eigenvalue weighted by Gasteiger charge is 1.81. The second-order valence-electron chi connectivity index (χ2n) is 1.62. The summed E-state index contributed by atoms with van der Waals surface area (Å²) in [5.41, 5.74) is 5.19. The molecule has 0 fully saturated rings. The van der Waals surface area contributed by atoms with E-state index in [9.17, 15) is 0 Å². The Labute approximate surface area is 62.0 Å². The van der Waals surface area contributed by atoms with Gasteiger partial charge in [-0.1, -0.05) is 0 Å². The van der Waals surface area contributed by atoms with Crippen LogP contribution in [0.4, 0.5) is 0 Å². The van der Waals surface area contributed by atoms with Crippen molar-refractivity contribution in [1.29, 1.82) is 0 Å². The molecule has 0 bridgehead atoms. The lowest BCUT2D eigenvalue weighted by atomic mass is 10.4. The SMILES string of the molecule is Cl.NCCNCCCO. The van der Waals surface area contributed by atoms with Gasteiger partial charge in [-0.2, -0.15) is 0 Å². The molecule has 9 heavy (non-hydrogen) atoms. The summed E-state index contributed by atoms with van der Waals surface area (Å²) in [7, 11) is 0. The number of rotatable bonds is 5. The Hall–Kier alpha value is 0.170. The van der Waals surface area contributed by atoms with Crippen LogP contribution in [0.2, 0.25) is 0 Å². The van der Waals surface area contributed by atoms with Gasteiger partial charge in [0, 0.05) is 19.7 Å². The first-order chi connectivity index (χ1) is 3.91. The molecule has 0 aromatic heterocycles. The predicted octanol–water partition coefficient (Wildman–Crippen LogP) is -0.661. The monoisotopic (exact) mass is 154 g/mol. The van der Waals surface area contributed by atoms with Crippen molar-refractivity contribution in [2.75, 3.05) is 26.2 Å². The van der Waals surface area contributed by atoms with Gasteiger partial charge in [0.2, 0.25) is 0 Å². The van der Waals surface area contributed by atoms with Gasteiger partial charge >= 0.3 is 0 Å². The summed E-state index contributed by atoms with van der Waals surface area (Å²) in [6.45, 7) is 2.65. The summed E-state index contributed by atoms with van der Waals surface area (Å²) in [5, 5.41) is 11.3. The summed E-state index contributed by atoms with van der Waals surface area (Å²) >= 11 is 0. The van der Waals surface area contributed by atoms with Gasteiger partial charge in [-0.05, 0) is 13.0 Å². The Morgan fingerprint density at radius 1 is 1.33 bits per heavy atom. The van der Waals surface area contributed by atoms with Crippen LogP contribution in [0.1, 0.15) is 6.42 Å². The molecule has 0 saturated heterocycles. The molecule has 0 aliphatic carbocycles. The molecule has 0 radical (unpaired) electrons. The van der Waals surface area contributed by atoms with Crippen LogP contribution in [0.25, 0.3) is 0 Å². The number of hydrogen-bond donors (Lipinski definition) is 3. The zero-order chi connectivity index (χ0) is 6.24. The van der Waals surface area contributed by atoms with Crippen molar-refractivity contribution in [3.05, 3.63) is 0 Å². The molecular formula is C5H15ClN2O. The van der Waals surface area contributed by atoms with E-state index in [0.29, 0.717) is 6.54 Å². The maximum atomic E-state index is 8.29. The summed E-state index contributed by atoms with van der Waals surface area (Å²) in [5.74, 6) is 0. The minimum Gasteiger partial charge on any atom is -0.396 e. The molecule has 0 aliphatic heterocycles. The fourth-order valence-corrected chi connectivity index (χ4v) is 0.431. The van der Waals surface area contributed by atoms with Crippen molar-refractivity contribution in [3.8, 4) is 0 Å². The topological polar surface area (TPSA) is 58.3 Å². The van der Waals surface area contributed by atoms with E-state index < -0.39 is 0 Å². The molecule has 0 saturated carbocycles. The average molecular weight is 155 g/mol. The van der Waals surface area contributed by atoms with Gasteiger partial charge < -0.3 is 16.2 Å². The lowest BCUT2D eigenvalue weighted by Gasteiger charge is -1.97. The molecule has 0 spiro atoms. The smallest absolute Gasteiger partial charge is 0.0443 e. The summed E-state index contributed by atoms with van der Waals surface area (Å²) in [6.07, 6.45) is 0.819. The van der Waals surface area contributed by atoms with Gasteiger partial charge in [0.05, 0.1) is 0 Å². The molecule has 0 aliphatic rings. The summed E-state index contributed by atoms with van der Waals surface area (Å²) in [4.78, 5) is 0. The summed E-state index contributed by atoms with van der Waals surface area (Å²) in [6, 6.07) is 0. The maximum absolute atomic E-state index is 8.29. The van der Waals surface area contributed by atoms with E-state index in [1.807, 2.05) is 0 Å². The molecule has 0 atom stereocenters. The number of nitrogens with one attached hydrogen (secondary N) is 1. The fraction of sp³-hybridized carbons (Fsp3) is 1.00. The number of aliphatic hydroxyl groups excluding tert-OH is 1. The van der Waals surface area contributed by atoms with Crippen LogP contribution in [-0.4, -0.2) is 31.3 Å². The van der Waals surface area contributed by atoms with Crippen molar-refractivity contribution >= 4 is 12.4 Å². The largest absolute Gasteiger partial charge is 0.396 e. The van der Waals surface area contributed by atoms with Crippen LogP contribution in [-0.2, 0) is 0 Å². The second kappa shape index (κ2) is 11.0. The Morgan fingerprint density at radius 3 is 2.44 bits per heavy atom. The third-order valence-electron chi connectivity index (χ3n) is 0.833. The zero-order valence-electron chi connectivity index (χ0n) is 5.47. The number of halogens is 1. The van der Waals surface area contributed by atoms with Gasteiger partial charge in [-0.15, -0.1) is 12.4 Å². The normalized spacial score (nSPS) is 8.67. The average Bonchev–Trinajstić information content (AvgIpc) is 1.81. The van der Waals surface area contributed by atoms with Crippen LogP contribution in [0, 0.1) is 0 Å². The van der Waals surface area contributed by atoms with E-state index >= 15 is 0 Å². The molecule has 3 nitrogen and oxygen atoms in total. The van der Waals surface area contributed by atoms with Crippen molar-refractivity contribution in [2.24, 2.45) is 5.73 Å². The van der Waals surface area contributed by atoms with Crippen LogP contribution in [0.15, 0.2) is 0 Å². The van der Waals surface area contributed by atoms with E-state index in [0.717, 1.165) is 19.5 Å². The number of hydrogen-bond acceptors (Lipinski definition) is 3. The molecule has 0 aromatic rings. The van der Waals surface area contributed by atoms with E-state index in [2.05, 4.69) is 5.32 Å². The highest BCUT2D eigenvalue weighted by Crippen LogP contribution is 1.68. The molecule has 4 heteroatoms. The van der Waals surface area contributed by atoms with Crippen LogP contribution in [0.5, 0.6) is 0 Å². The van der Waals surface area contributed by atoms with Gasteiger partial charge in [0.25, 0.3) is 0 Å². The lowest BCUT2D eigenvalue weighted by Crippen LogP contribution is -2.23. The Balaban J connectivity index is 0. The van der Waals surface area contributed by atoms with Crippen molar-refractivity contribution in [3.63, 3.8) is 0 Å². The highest BCUT2D eigenvalue weighted by molar-refractivity contribution is 5.85. The van der Waals surface area contributed by atoms with Crippen molar-refractivity contribution in [1.82, 2.24) is 5.32 Å². The first kappa shape index (κ1) is 11.9. The second-order valence-corrected chi connectivity index (χ2v) is 1.62. The lowest BCUT2D eigenvalue weighted by molar-refractivity contribution is 0.286. The van der Waals surface area contributed by atoms with E-state index in [-0.39, 0.29) is 19.0 Å². The Kier molecular flexibility index (Phi) is 14.6. The minimum absolute atomic E-state index is 0. The first-order valence-electron chi connectivity index (χ1n) is 2.93. The van der Waals surface area contributed by atoms with Gasteiger partial charge in [0.1, 0.15) is 0 Å². The third-order valence-corrected chi connectivity index (χ3v) is 0.833. The third kappa shape index (κ3) is 11.6. The molecule has 0 rings (SSSR count). The molecule has 0 aromatic carbocycles. The molecule has 4 N–H and O–H groups in total. The standard InChI is InChI=1S/C5H14N2O.ClH/c6-2-4-7-3-1-5-8;/h7-8H,1-6H2;1H. The van der Waals surface area contributed by atoms with Gasteiger partial charge in [0.15, 0.2) is 0 Å². The zero-order valence-corrected chi connectivity index (χ0v) is 6.28. The predicted molar refractivity (Wildman–Crippen MR) is 40.9 cm³/mol. The van der Waals surface area contributed by atoms with Gasteiger partial charge in [-0.3, -0.25) is 0 Å². The van der Waals surface area contributed by atoms with Crippen LogP contribution >= 0.6 is 12.4 Å². The van der Waals surface area contributed by atoms with Crippen LogP contribution in [0.3, 0.4) is 0 Å².